The summed E-state index contributed by atoms with van der Waals surface area (Å²) in [6.45, 7) is 4.00. The molecular formula is C26H26F3N3O5. The Morgan fingerprint density at radius 3 is 2.32 bits per heavy atom. The first kappa shape index (κ1) is 26.2. The van der Waals surface area contributed by atoms with Gasteiger partial charge in [-0.1, -0.05) is 18.2 Å². The molecule has 5 rings (SSSR count). The van der Waals surface area contributed by atoms with Crippen molar-refractivity contribution in [2.45, 2.75) is 31.4 Å². The molecule has 0 atom stereocenters. The van der Waals surface area contributed by atoms with E-state index in [4.69, 9.17) is 14.6 Å². The Morgan fingerprint density at radius 2 is 1.76 bits per heavy atom. The van der Waals surface area contributed by atoms with Gasteiger partial charge in [-0.15, -0.1) is 0 Å². The summed E-state index contributed by atoms with van der Waals surface area (Å²) in [7, 11) is 1.93. The second-order valence-electron chi connectivity index (χ2n) is 9.14. The molecule has 2 aliphatic heterocycles. The van der Waals surface area contributed by atoms with Crippen molar-refractivity contribution in [1.82, 2.24) is 9.78 Å². The number of carboxylic acids is 1. The first-order valence-electron chi connectivity index (χ1n) is 11.6. The van der Waals surface area contributed by atoms with E-state index < -0.39 is 12.1 Å². The van der Waals surface area contributed by atoms with Crippen molar-refractivity contribution in [2.24, 2.45) is 7.05 Å². The highest BCUT2D eigenvalue weighted by Gasteiger charge is 2.46. The topological polar surface area (TPSA) is 105 Å². The summed E-state index contributed by atoms with van der Waals surface area (Å²) in [6.07, 6.45) is -1.30. The molecule has 2 aromatic carbocycles. The smallest absolute Gasteiger partial charge is 0.490 e. The monoisotopic (exact) mass is 517 g/mol. The van der Waals surface area contributed by atoms with Crippen LogP contribution in [-0.2, 0) is 22.0 Å². The minimum atomic E-state index is -5.08. The fourth-order valence-corrected chi connectivity index (χ4v) is 4.89. The third-order valence-electron chi connectivity index (χ3n) is 6.72. The van der Waals surface area contributed by atoms with Gasteiger partial charge < -0.3 is 19.8 Å². The van der Waals surface area contributed by atoms with Gasteiger partial charge in [0, 0.05) is 49.7 Å². The van der Waals surface area contributed by atoms with Crippen LogP contribution in [0.3, 0.4) is 0 Å². The standard InChI is InChI=1S/C24H25N3O3.C2HF3O2/c1-16-19(14-26(2)25-16)17-7-8-21-20(13-17)24(9-11-30-12-10-24)15-27(21)23(29)18-5-3-4-6-22(18)28;3-2(4,5)1(6)7/h3-8,13-14,28H,9-12,15H2,1-2H3;(H,6,7). The Morgan fingerprint density at radius 1 is 1.11 bits per heavy atom. The molecule has 1 amide bonds. The molecule has 37 heavy (non-hydrogen) atoms. The highest BCUT2D eigenvalue weighted by Crippen LogP contribution is 2.48. The highest BCUT2D eigenvalue weighted by molar-refractivity contribution is 6.09. The second-order valence-corrected chi connectivity index (χ2v) is 9.14. The number of anilines is 1. The number of nitrogens with zero attached hydrogens (tertiary/aromatic N) is 3. The lowest BCUT2D eigenvalue weighted by atomic mass is 9.75. The Kier molecular flexibility index (Phi) is 7.00. The van der Waals surface area contributed by atoms with Gasteiger partial charge in [0.05, 0.1) is 11.3 Å². The van der Waals surface area contributed by atoms with Gasteiger partial charge in [-0.25, -0.2) is 4.79 Å². The Balaban J connectivity index is 0.000000405. The molecular weight excluding hydrogens is 491 g/mol. The number of hydrogen-bond acceptors (Lipinski definition) is 5. The Hall–Kier alpha value is -3.86. The SMILES string of the molecule is Cc1nn(C)cc1-c1ccc2c(c1)C1(CCOCC1)CN2C(=O)c1ccccc1O.O=C(O)C(F)(F)F. The zero-order chi connectivity index (χ0) is 27.0. The van der Waals surface area contributed by atoms with Crippen molar-refractivity contribution in [1.29, 1.82) is 0 Å². The number of ether oxygens (including phenoxy) is 1. The summed E-state index contributed by atoms with van der Waals surface area (Å²) < 4.78 is 39.2. The molecule has 0 bridgehead atoms. The van der Waals surface area contributed by atoms with Gasteiger partial charge in [0.1, 0.15) is 5.75 Å². The number of aliphatic carboxylic acids is 1. The molecule has 0 radical (unpaired) electrons. The van der Waals surface area contributed by atoms with Crippen LogP contribution >= 0.6 is 0 Å². The van der Waals surface area contributed by atoms with Crippen molar-refractivity contribution in [3.8, 4) is 16.9 Å². The van der Waals surface area contributed by atoms with Gasteiger partial charge >= 0.3 is 12.1 Å². The molecule has 3 heterocycles. The number of para-hydroxylation sites is 1. The van der Waals surface area contributed by atoms with Crippen LogP contribution in [0, 0.1) is 6.92 Å². The molecule has 0 aliphatic carbocycles. The van der Waals surface area contributed by atoms with Crippen LogP contribution in [0.2, 0.25) is 0 Å². The number of fused-ring (bicyclic) bond motifs is 2. The minimum absolute atomic E-state index is 0.0135. The third-order valence-corrected chi connectivity index (χ3v) is 6.72. The van der Waals surface area contributed by atoms with Crippen LogP contribution in [0.1, 0.15) is 34.5 Å². The number of rotatable bonds is 2. The van der Waals surface area contributed by atoms with E-state index in [0.29, 0.717) is 25.3 Å². The number of aromatic nitrogens is 2. The van der Waals surface area contributed by atoms with Crippen LogP contribution < -0.4 is 4.90 Å². The van der Waals surface area contributed by atoms with E-state index in [1.165, 1.54) is 5.56 Å². The van der Waals surface area contributed by atoms with Crippen molar-refractivity contribution in [3.63, 3.8) is 0 Å². The number of phenolic OH excluding ortho intramolecular Hbond substituents is 1. The quantitative estimate of drug-likeness (QED) is 0.521. The van der Waals surface area contributed by atoms with Gasteiger partial charge in [0.2, 0.25) is 0 Å². The van der Waals surface area contributed by atoms with E-state index in [0.717, 1.165) is 35.3 Å². The average molecular weight is 518 g/mol. The van der Waals surface area contributed by atoms with Gasteiger partial charge in [0.15, 0.2) is 0 Å². The zero-order valence-electron chi connectivity index (χ0n) is 20.2. The summed E-state index contributed by atoms with van der Waals surface area (Å²) in [5.41, 5.74) is 5.53. The maximum atomic E-state index is 13.4. The van der Waals surface area contributed by atoms with Crippen LogP contribution in [0.5, 0.6) is 5.75 Å². The summed E-state index contributed by atoms with van der Waals surface area (Å²) in [4.78, 5) is 24.1. The first-order chi connectivity index (χ1) is 17.4. The molecule has 196 valence electrons. The summed E-state index contributed by atoms with van der Waals surface area (Å²) in [5, 5.41) is 21.8. The lowest BCUT2D eigenvalue weighted by Gasteiger charge is -2.34. The molecule has 8 nitrogen and oxygen atoms in total. The van der Waals surface area contributed by atoms with Crippen LogP contribution in [-0.4, -0.2) is 57.8 Å². The van der Waals surface area contributed by atoms with E-state index in [-0.39, 0.29) is 17.1 Å². The fraction of sp³-hybridized carbons (Fsp3) is 0.346. The number of aromatic hydroxyl groups is 1. The maximum absolute atomic E-state index is 13.4. The number of alkyl halides is 3. The number of carbonyl (C=O) groups excluding carboxylic acids is 1. The van der Waals surface area contributed by atoms with Crippen molar-refractivity contribution in [3.05, 3.63) is 65.5 Å². The Labute approximate surface area is 210 Å². The molecule has 1 saturated heterocycles. The van der Waals surface area contributed by atoms with Crippen molar-refractivity contribution < 1.29 is 37.7 Å². The molecule has 1 fully saturated rings. The lowest BCUT2D eigenvalue weighted by molar-refractivity contribution is -0.192. The van der Waals surface area contributed by atoms with E-state index in [9.17, 15) is 23.1 Å². The van der Waals surface area contributed by atoms with Crippen LogP contribution in [0.25, 0.3) is 11.1 Å². The molecule has 0 unspecified atom stereocenters. The number of carbonyl (C=O) groups is 2. The fourth-order valence-electron chi connectivity index (χ4n) is 4.89. The van der Waals surface area contributed by atoms with Crippen LogP contribution in [0.4, 0.5) is 18.9 Å². The molecule has 1 aromatic heterocycles. The number of halogens is 3. The number of carboxylic acid groups (broad SMARTS) is 1. The predicted molar refractivity (Wildman–Crippen MR) is 129 cm³/mol. The van der Waals surface area contributed by atoms with E-state index >= 15 is 0 Å². The molecule has 2 N–H and O–H groups in total. The minimum Gasteiger partial charge on any atom is -0.507 e. The number of hydrogen-bond donors (Lipinski definition) is 2. The highest BCUT2D eigenvalue weighted by atomic mass is 19.4. The Bertz CT molecular complexity index is 1330. The van der Waals surface area contributed by atoms with Gasteiger partial charge in [-0.05, 0) is 55.2 Å². The average Bonchev–Trinajstić information content (AvgIpc) is 3.35. The molecule has 2 aliphatic rings. The summed E-state index contributed by atoms with van der Waals surface area (Å²) in [5.74, 6) is -2.91. The molecule has 1 spiro atoms. The molecule has 3 aromatic rings. The molecule has 0 saturated carbocycles. The van der Waals surface area contributed by atoms with Gasteiger partial charge in [-0.3, -0.25) is 9.48 Å². The summed E-state index contributed by atoms with van der Waals surface area (Å²) >= 11 is 0. The zero-order valence-corrected chi connectivity index (χ0v) is 20.2. The number of phenols is 1. The lowest BCUT2D eigenvalue weighted by Crippen LogP contribution is -2.40. The van der Waals surface area contributed by atoms with Crippen molar-refractivity contribution >= 4 is 17.6 Å². The third kappa shape index (κ3) is 5.17. The number of aryl methyl sites for hydroxylation is 2. The van der Waals surface area contributed by atoms with Gasteiger partial charge in [-0.2, -0.15) is 18.3 Å². The predicted octanol–water partition coefficient (Wildman–Crippen LogP) is 4.44. The second kappa shape index (κ2) is 9.89. The van der Waals surface area contributed by atoms with Crippen LogP contribution in [0.15, 0.2) is 48.7 Å². The maximum Gasteiger partial charge on any atom is 0.490 e. The van der Waals surface area contributed by atoms with Gasteiger partial charge in [0.25, 0.3) is 5.91 Å². The molecule has 11 heteroatoms. The summed E-state index contributed by atoms with van der Waals surface area (Å²) in [6, 6.07) is 13.1. The first-order valence-corrected chi connectivity index (χ1v) is 11.6. The number of benzene rings is 2. The van der Waals surface area contributed by atoms with Crippen molar-refractivity contribution in [2.75, 3.05) is 24.7 Å². The number of amides is 1. The van der Waals surface area contributed by atoms with E-state index in [2.05, 4.69) is 17.2 Å². The normalized spacial score (nSPS) is 16.2. The largest absolute Gasteiger partial charge is 0.507 e. The van der Waals surface area contributed by atoms with E-state index in [1.807, 2.05) is 35.8 Å². The van der Waals surface area contributed by atoms with E-state index in [1.54, 1.807) is 24.3 Å².